The fourth-order valence-electron chi connectivity index (χ4n) is 1.01. The first kappa shape index (κ1) is 9.79. The molecule has 1 rings (SSSR count). The van der Waals surface area contributed by atoms with Crippen LogP contribution in [0, 0.1) is 11.3 Å². The van der Waals surface area contributed by atoms with E-state index in [-0.39, 0.29) is 6.04 Å². The van der Waals surface area contributed by atoms with Crippen molar-refractivity contribution < 1.29 is 0 Å². The lowest BCUT2D eigenvalue weighted by Gasteiger charge is -2.06. The van der Waals surface area contributed by atoms with Gasteiger partial charge in [0.1, 0.15) is 0 Å². The molecule has 0 saturated carbocycles. The molecule has 13 heavy (non-hydrogen) atoms. The third kappa shape index (κ3) is 2.32. The van der Waals surface area contributed by atoms with E-state index in [1.807, 2.05) is 6.07 Å². The molecule has 0 unspecified atom stereocenters. The molecule has 0 amide bonds. The van der Waals surface area contributed by atoms with Crippen LogP contribution in [-0.4, -0.2) is 0 Å². The molecule has 0 aliphatic carbocycles. The third-order valence-corrected chi connectivity index (χ3v) is 1.91. The topological polar surface area (TPSA) is 49.8 Å². The lowest BCUT2D eigenvalue weighted by atomic mass is 10.1. The number of halogens is 1. The Morgan fingerprint density at radius 1 is 1.54 bits per heavy atom. The molecule has 0 aliphatic heterocycles. The van der Waals surface area contributed by atoms with Crippen LogP contribution in [0.3, 0.4) is 0 Å². The van der Waals surface area contributed by atoms with E-state index in [1.165, 1.54) is 0 Å². The van der Waals surface area contributed by atoms with E-state index < -0.39 is 0 Å². The molecular formula is C10H9ClN2. The Hall–Kier alpha value is -1.30. The van der Waals surface area contributed by atoms with E-state index in [0.29, 0.717) is 10.6 Å². The lowest BCUT2D eigenvalue weighted by Crippen LogP contribution is -2.06. The van der Waals surface area contributed by atoms with Crippen molar-refractivity contribution in [1.82, 2.24) is 0 Å². The van der Waals surface area contributed by atoms with Crippen molar-refractivity contribution in [2.45, 2.75) is 6.04 Å². The summed E-state index contributed by atoms with van der Waals surface area (Å²) >= 11 is 5.79. The first-order valence-electron chi connectivity index (χ1n) is 3.76. The summed E-state index contributed by atoms with van der Waals surface area (Å²) in [5.41, 5.74) is 7.02. The Morgan fingerprint density at radius 3 is 2.77 bits per heavy atom. The Morgan fingerprint density at radius 2 is 2.23 bits per heavy atom. The van der Waals surface area contributed by atoms with E-state index in [9.17, 15) is 0 Å². The molecule has 0 spiro atoms. The maximum Gasteiger partial charge on any atom is 0.0992 e. The van der Waals surface area contributed by atoms with Crippen LogP contribution in [0.15, 0.2) is 30.9 Å². The van der Waals surface area contributed by atoms with Gasteiger partial charge in [0.05, 0.1) is 11.6 Å². The van der Waals surface area contributed by atoms with Gasteiger partial charge in [-0.25, -0.2) is 0 Å². The maximum atomic E-state index is 8.67. The normalized spacial score (nSPS) is 11.8. The molecule has 0 heterocycles. The van der Waals surface area contributed by atoms with E-state index in [2.05, 4.69) is 6.58 Å². The van der Waals surface area contributed by atoms with Crippen molar-refractivity contribution in [3.8, 4) is 6.07 Å². The number of nitrogens with two attached hydrogens (primary N) is 1. The van der Waals surface area contributed by atoms with Crippen LogP contribution in [0.25, 0.3) is 0 Å². The predicted molar refractivity (Wildman–Crippen MR) is 53.3 cm³/mol. The highest BCUT2D eigenvalue weighted by Gasteiger charge is 2.04. The Kier molecular flexibility index (Phi) is 3.07. The minimum atomic E-state index is -0.272. The molecule has 1 aromatic carbocycles. The van der Waals surface area contributed by atoms with Gasteiger partial charge in [-0.3, -0.25) is 0 Å². The molecule has 0 fully saturated rings. The average Bonchev–Trinajstić information content (AvgIpc) is 2.15. The van der Waals surface area contributed by atoms with Gasteiger partial charge in [0.25, 0.3) is 0 Å². The molecule has 1 aromatic rings. The summed E-state index contributed by atoms with van der Waals surface area (Å²) in [6.07, 6.45) is 1.60. The third-order valence-electron chi connectivity index (χ3n) is 1.69. The van der Waals surface area contributed by atoms with Crippen molar-refractivity contribution in [2.24, 2.45) is 5.73 Å². The van der Waals surface area contributed by atoms with E-state index in [0.717, 1.165) is 5.56 Å². The first-order valence-corrected chi connectivity index (χ1v) is 4.14. The van der Waals surface area contributed by atoms with Crippen LogP contribution in [0.1, 0.15) is 17.2 Å². The molecule has 0 saturated heterocycles. The summed E-state index contributed by atoms with van der Waals surface area (Å²) in [7, 11) is 0. The number of hydrogen-bond donors (Lipinski definition) is 1. The minimum Gasteiger partial charge on any atom is -0.321 e. The number of benzene rings is 1. The molecule has 2 nitrogen and oxygen atoms in total. The zero-order valence-corrected chi connectivity index (χ0v) is 7.75. The van der Waals surface area contributed by atoms with Crippen molar-refractivity contribution >= 4 is 11.6 Å². The van der Waals surface area contributed by atoms with Crippen LogP contribution in [0.5, 0.6) is 0 Å². The maximum absolute atomic E-state index is 8.67. The molecule has 0 aliphatic rings. The fourth-order valence-corrected chi connectivity index (χ4v) is 1.25. The van der Waals surface area contributed by atoms with Crippen molar-refractivity contribution in [3.63, 3.8) is 0 Å². The Labute approximate surface area is 82.2 Å². The molecule has 0 aromatic heterocycles. The summed E-state index contributed by atoms with van der Waals surface area (Å²) in [6, 6.07) is 6.78. The van der Waals surface area contributed by atoms with Gasteiger partial charge in [0.2, 0.25) is 0 Å². The van der Waals surface area contributed by atoms with E-state index in [1.54, 1.807) is 24.3 Å². The number of nitrogens with zero attached hydrogens (tertiary/aromatic N) is 1. The van der Waals surface area contributed by atoms with Crippen LogP contribution in [-0.2, 0) is 0 Å². The Balaban J connectivity index is 3.17. The SMILES string of the molecule is C=C[C@@H](N)c1cc(Cl)cc(C#N)c1. The lowest BCUT2D eigenvalue weighted by molar-refractivity contribution is 0.914. The van der Waals surface area contributed by atoms with Crippen LogP contribution < -0.4 is 5.73 Å². The molecule has 0 bridgehead atoms. The van der Waals surface area contributed by atoms with Gasteiger partial charge >= 0.3 is 0 Å². The zero-order valence-electron chi connectivity index (χ0n) is 7.00. The molecule has 66 valence electrons. The molecule has 1 atom stereocenters. The minimum absolute atomic E-state index is 0.272. The van der Waals surface area contributed by atoms with Crippen molar-refractivity contribution in [1.29, 1.82) is 5.26 Å². The quantitative estimate of drug-likeness (QED) is 0.732. The van der Waals surface area contributed by atoms with Gasteiger partial charge in [-0.1, -0.05) is 17.7 Å². The molecule has 2 N–H and O–H groups in total. The molecule has 0 radical (unpaired) electrons. The monoisotopic (exact) mass is 192 g/mol. The fraction of sp³-hybridized carbons (Fsp3) is 0.100. The van der Waals surface area contributed by atoms with Crippen LogP contribution in [0.2, 0.25) is 5.02 Å². The second kappa shape index (κ2) is 4.08. The Bertz CT molecular complexity index is 366. The summed E-state index contributed by atoms with van der Waals surface area (Å²) in [6.45, 7) is 3.57. The largest absolute Gasteiger partial charge is 0.321 e. The summed E-state index contributed by atoms with van der Waals surface area (Å²) < 4.78 is 0. The highest BCUT2D eigenvalue weighted by molar-refractivity contribution is 6.30. The summed E-state index contributed by atoms with van der Waals surface area (Å²) in [5.74, 6) is 0. The number of rotatable bonds is 2. The number of nitriles is 1. The number of hydrogen-bond acceptors (Lipinski definition) is 2. The standard InChI is InChI=1S/C10H9ClN2/c1-2-10(13)8-3-7(6-12)4-9(11)5-8/h2-5,10H,1,13H2/t10-/m1/s1. The molecular weight excluding hydrogens is 184 g/mol. The van der Waals surface area contributed by atoms with E-state index in [4.69, 9.17) is 22.6 Å². The smallest absolute Gasteiger partial charge is 0.0992 e. The summed E-state index contributed by atoms with van der Waals surface area (Å²) in [4.78, 5) is 0. The predicted octanol–water partition coefficient (Wildman–Crippen LogP) is 2.40. The highest BCUT2D eigenvalue weighted by Crippen LogP contribution is 2.19. The van der Waals surface area contributed by atoms with Gasteiger partial charge in [-0.2, -0.15) is 5.26 Å². The van der Waals surface area contributed by atoms with Crippen LogP contribution >= 0.6 is 11.6 Å². The van der Waals surface area contributed by atoms with Crippen LogP contribution in [0.4, 0.5) is 0 Å². The first-order chi connectivity index (χ1) is 6.17. The van der Waals surface area contributed by atoms with E-state index >= 15 is 0 Å². The van der Waals surface area contributed by atoms with Gasteiger partial charge < -0.3 is 5.73 Å². The van der Waals surface area contributed by atoms with Gasteiger partial charge in [-0.15, -0.1) is 6.58 Å². The average molecular weight is 193 g/mol. The molecule has 3 heteroatoms. The van der Waals surface area contributed by atoms with Crippen molar-refractivity contribution in [2.75, 3.05) is 0 Å². The highest BCUT2D eigenvalue weighted by atomic mass is 35.5. The second-order valence-corrected chi connectivity index (χ2v) is 3.08. The zero-order chi connectivity index (χ0) is 9.84. The van der Waals surface area contributed by atoms with Gasteiger partial charge in [0.15, 0.2) is 0 Å². The summed E-state index contributed by atoms with van der Waals surface area (Å²) in [5, 5.41) is 9.19. The second-order valence-electron chi connectivity index (χ2n) is 2.65. The van der Waals surface area contributed by atoms with Crippen molar-refractivity contribution in [3.05, 3.63) is 47.0 Å². The van der Waals surface area contributed by atoms with Gasteiger partial charge in [0, 0.05) is 11.1 Å². The van der Waals surface area contributed by atoms with Gasteiger partial charge in [-0.05, 0) is 23.8 Å².